The maximum atomic E-state index is 12.3. The van der Waals surface area contributed by atoms with Crippen LogP contribution in [0.5, 0.6) is 0 Å². The molecular formula is C11H21F2N3O. The van der Waals surface area contributed by atoms with Crippen molar-refractivity contribution in [2.45, 2.75) is 25.7 Å². The molecule has 1 heterocycles. The fourth-order valence-electron chi connectivity index (χ4n) is 2.05. The van der Waals surface area contributed by atoms with Crippen molar-refractivity contribution in [2.24, 2.45) is 5.73 Å². The summed E-state index contributed by atoms with van der Waals surface area (Å²) in [5.74, 6) is -0.0567. The van der Waals surface area contributed by atoms with E-state index in [1.165, 1.54) is 4.90 Å². The summed E-state index contributed by atoms with van der Waals surface area (Å²) in [7, 11) is 0. The zero-order chi connectivity index (χ0) is 12.7. The van der Waals surface area contributed by atoms with Crippen LogP contribution < -0.4 is 5.73 Å². The largest absolute Gasteiger partial charge is 0.342 e. The van der Waals surface area contributed by atoms with Gasteiger partial charge in [0, 0.05) is 26.2 Å². The lowest BCUT2D eigenvalue weighted by Gasteiger charge is -2.29. The van der Waals surface area contributed by atoms with Gasteiger partial charge in [-0.1, -0.05) is 0 Å². The number of rotatable bonds is 6. The first-order valence-electron chi connectivity index (χ1n) is 6.12. The van der Waals surface area contributed by atoms with Crippen LogP contribution in [0.3, 0.4) is 0 Å². The Morgan fingerprint density at radius 2 is 1.94 bits per heavy atom. The van der Waals surface area contributed by atoms with Gasteiger partial charge in [0.1, 0.15) is 0 Å². The van der Waals surface area contributed by atoms with Crippen LogP contribution >= 0.6 is 0 Å². The van der Waals surface area contributed by atoms with E-state index >= 15 is 0 Å². The maximum absolute atomic E-state index is 12.3. The highest BCUT2D eigenvalue weighted by atomic mass is 19.3. The van der Waals surface area contributed by atoms with Crippen LogP contribution in [0.4, 0.5) is 8.78 Å². The molecule has 0 radical (unpaired) electrons. The Bertz CT molecular complexity index is 233. The molecule has 0 unspecified atom stereocenters. The smallest absolute Gasteiger partial charge is 0.251 e. The normalized spacial score (nSPS) is 16.9. The lowest BCUT2D eigenvalue weighted by Crippen LogP contribution is -2.45. The molecule has 0 saturated carbocycles. The van der Waals surface area contributed by atoms with Crippen LogP contribution in [0.25, 0.3) is 0 Å². The molecule has 1 aliphatic heterocycles. The first-order chi connectivity index (χ1) is 8.13. The zero-order valence-corrected chi connectivity index (χ0v) is 10.1. The Hall–Kier alpha value is -0.750. The van der Waals surface area contributed by atoms with Gasteiger partial charge in [0.05, 0.1) is 13.1 Å². The second-order valence-corrected chi connectivity index (χ2v) is 4.36. The first kappa shape index (κ1) is 14.3. The SMILES string of the molecule is NCCN(CC(=O)N1CCCCC1)CC(F)F. The quantitative estimate of drug-likeness (QED) is 0.747. The van der Waals surface area contributed by atoms with Gasteiger partial charge in [-0.3, -0.25) is 9.69 Å². The molecule has 0 aromatic heterocycles. The molecule has 1 saturated heterocycles. The third kappa shape index (κ3) is 5.41. The second kappa shape index (κ2) is 7.55. The van der Waals surface area contributed by atoms with E-state index < -0.39 is 6.43 Å². The topological polar surface area (TPSA) is 49.6 Å². The van der Waals surface area contributed by atoms with Gasteiger partial charge in [-0.05, 0) is 19.3 Å². The molecule has 0 spiro atoms. The number of carbonyl (C=O) groups excluding carboxylic acids is 1. The highest BCUT2D eigenvalue weighted by molar-refractivity contribution is 5.78. The van der Waals surface area contributed by atoms with Crippen LogP contribution in [-0.2, 0) is 4.79 Å². The van der Waals surface area contributed by atoms with Crippen molar-refractivity contribution in [1.29, 1.82) is 0 Å². The van der Waals surface area contributed by atoms with Crippen molar-refractivity contribution in [1.82, 2.24) is 9.80 Å². The van der Waals surface area contributed by atoms with Crippen molar-refractivity contribution < 1.29 is 13.6 Å². The minimum atomic E-state index is -2.42. The number of likely N-dealkylation sites (tertiary alicyclic amines) is 1. The number of halogens is 2. The third-order valence-corrected chi connectivity index (χ3v) is 2.91. The average molecular weight is 249 g/mol. The molecule has 2 N–H and O–H groups in total. The van der Waals surface area contributed by atoms with E-state index in [1.807, 2.05) is 0 Å². The molecule has 17 heavy (non-hydrogen) atoms. The summed E-state index contributed by atoms with van der Waals surface area (Å²) in [4.78, 5) is 15.1. The summed E-state index contributed by atoms with van der Waals surface area (Å²) in [6.07, 6.45) is 0.748. The van der Waals surface area contributed by atoms with Crippen molar-refractivity contribution in [2.75, 3.05) is 39.3 Å². The summed E-state index contributed by atoms with van der Waals surface area (Å²) < 4.78 is 24.6. The maximum Gasteiger partial charge on any atom is 0.251 e. The molecule has 1 rings (SSSR count). The molecule has 0 aromatic rings. The molecule has 6 heteroatoms. The molecule has 0 aliphatic carbocycles. The van der Waals surface area contributed by atoms with Gasteiger partial charge < -0.3 is 10.6 Å². The number of carbonyl (C=O) groups is 1. The zero-order valence-electron chi connectivity index (χ0n) is 10.1. The standard InChI is InChI=1S/C11H21F2N3O/c12-10(13)8-15(7-4-14)9-11(17)16-5-2-1-3-6-16/h10H,1-9,14H2. The minimum Gasteiger partial charge on any atom is -0.342 e. The van der Waals surface area contributed by atoms with Crippen LogP contribution in [0, 0.1) is 0 Å². The third-order valence-electron chi connectivity index (χ3n) is 2.91. The number of alkyl halides is 2. The van der Waals surface area contributed by atoms with Gasteiger partial charge >= 0.3 is 0 Å². The van der Waals surface area contributed by atoms with Gasteiger partial charge in [-0.25, -0.2) is 8.78 Å². The van der Waals surface area contributed by atoms with E-state index in [1.54, 1.807) is 4.90 Å². The van der Waals surface area contributed by atoms with Gasteiger partial charge in [-0.2, -0.15) is 0 Å². The van der Waals surface area contributed by atoms with E-state index in [0.29, 0.717) is 13.1 Å². The molecule has 0 atom stereocenters. The van der Waals surface area contributed by atoms with E-state index in [4.69, 9.17) is 5.73 Å². The molecule has 0 aromatic carbocycles. The Morgan fingerprint density at radius 1 is 1.29 bits per heavy atom. The first-order valence-corrected chi connectivity index (χ1v) is 6.12. The summed E-state index contributed by atoms with van der Waals surface area (Å²) in [5.41, 5.74) is 5.35. The number of hydrogen-bond acceptors (Lipinski definition) is 3. The van der Waals surface area contributed by atoms with E-state index in [-0.39, 0.29) is 19.0 Å². The second-order valence-electron chi connectivity index (χ2n) is 4.36. The Labute approximate surface area is 101 Å². The average Bonchev–Trinajstić information content (AvgIpc) is 2.29. The van der Waals surface area contributed by atoms with Gasteiger partial charge in [0.25, 0.3) is 6.43 Å². The van der Waals surface area contributed by atoms with Crippen molar-refractivity contribution in [3.8, 4) is 0 Å². The minimum absolute atomic E-state index is 0.0567. The summed E-state index contributed by atoms with van der Waals surface area (Å²) in [6, 6.07) is 0. The molecular weight excluding hydrogens is 228 g/mol. The molecule has 100 valence electrons. The van der Waals surface area contributed by atoms with E-state index in [0.717, 1.165) is 32.4 Å². The monoisotopic (exact) mass is 249 g/mol. The Kier molecular flexibility index (Phi) is 6.36. The van der Waals surface area contributed by atoms with Gasteiger partial charge in [0.15, 0.2) is 0 Å². The predicted octanol–water partition coefficient (Wildman–Crippen LogP) is 0.525. The fourth-order valence-corrected chi connectivity index (χ4v) is 2.05. The fraction of sp³-hybridized carbons (Fsp3) is 0.909. The van der Waals surface area contributed by atoms with Crippen molar-refractivity contribution in [3.05, 3.63) is 0 Å². The van der Waals surface area contributed by atoms with Crippen LogP contribution in [-0.4, -0.2) is 61.4 Å². The van der Waals surface area contributed by atoms with Crippen molar-refractivity contribution >= 4 is 5.91 Å². The number of nitrogens with zero attached hydrogens (tertiary/aromatic N) is 2. The van der Waals surface area contributed by atoms with E-state index in [2.05, 4.69) is 0 Å². The van der Waals surface area contributed by atoms with Gasteiger partial charge in [0.2, 0.25) is 5.91 Å². The molecule has 4 nitrogen and oxygen atoms in total. The number of nitrogens with two attached hydrogens (primary N) is 1. The highest BCUT2D eigenvalue weighted by Gasteiger charge is 2.20. The molecule has 0 bridgehead atoms. The van der Waals surface area contributed by atoms with Crippen molar-refractivity contribution in [3.63, 3.8) is 0 Å². The number of hydrogen-bond donors (Lipinski definition) is 1. The van der Waals surface area contributed by atoms with Crippen LogP contribution in [0.15, 0.2) is 0 Å². The van der Waals surface area contributed by atoms with Gasteiger partial charge in [-0.15, -0.1) is 0 Å². The summed E-state index contributed by atoms with van der Waals surface area (Å²) in [6.45, 7) is 1.82. The van der Waals surface area contributed by atoms with Crippen LogP contribution in [0.2, 0.25) is 0 Å². The molecule has 1 fully saturated rings. The Morgan fingerprint density at radius 3 is 2.47 bits per heavy atom. The van der Waals surface area contributed by atoms with Crippen LogP contribution in [0.1, 0.15) is 19.3 Å². The summed E-state index contributed by atoms with van der Waals surface area (Å²) >= 11 is 0. The Balaban J connectivity index is 2.38. The number of amides is 1. The summed E-state index contributed by atoms with van der Waals surface area (Å²) in [5, 5.41) is 0. The lowest BCUT2D eigenvalue weighted by atomic mass is 10.1. The number of piperidine rings is 1. The molecule has 1 aliphatic rings. The highest BCUT2D eigenvalue weighted by Crippen LogP contribution is 2.09. The molecule has 1 amide bonds. The lowest BCUT2D eigenvalue weighted by molar-refractivity contribution is -0.133. The van der Waals surface area contributed by atoms with E-state index in [9.17, 15) is 13.6 Å². The predicted molar refractivity (Wildman–Crippen MR) is 61.9 cm³/mol.